The van der Waals surface area contributed by atoms with Gasteiger partial charge in [-0.3, -0.25) is 0 Å². The monoisotopic (exact) mass is 424 g/mol. The zero-order chi connectivity index (χ0) is 22.6. The van der Waals surface area contributed by atoms with Crippen LogP contribution < -0.4 is 11.5 Å². The molecule has 5 rings (SSSR count). The van der Waals surface area contributed by atoms with Crippen molar-refractivity contribution < 1.29 is 20.1 Å². The number of phenolic OH excluding ortho intramolecular Hbond substituents is 2. The van der Waals surface area contributed by atoms with E-state index in [2.05, 4.69) is 0 Å². The van der Waals surface area contributed by atoms with Gasteiger partial charge in [0.25, 0.3) is 0 Å². The lowest BCUT2D eigenvalue weighted by Gasteiger charge is -2.34. The van der Waals surface area contributed by atoms with E-state index in [1.807, 2.05) is 30.3 Å². The van der Waals surface area contributed by atoms with E-state index in [1.54, 1.807) is 36.4 Å². The summed E-state index contributed by atoms with van der Waals surface area (Å²) < 4.78 is 0. The molecule has 1 aliphatic rings. The molecular formula is C26H20N2O4. The van der Waals surface area contributed by atoms with Gasteiger partial charge in [0.15, 0.2) is 0 Å². The Morgan fingerprint density at radius 3 is 1.84 bits per heavy atom. The van der Waals surface area contributed by atoms with Gasteiger partial charge < -0.3 is 26.8 Å². The fraction of sp³-hybridized carbons (Fsp3) is 0.0385. The van der Waals surface area contributed by atoms with Crippen molar-refractivity contribution in [2.24, 2.45) is 0 Å². The molecule has 6 heteroatoms. The van der Waals surface area contributed by atoms with Crippen molar-refractivity contribution >= 4 is 17.3 Å². The van der Waals surface area contributed by atoms with E-state index in [4.69, 9.17) is 11.5 Å². The average Bonchev–Trinajstić information content (AvgIpc) is 3.09. The summed E-state index contributed by atoms with van der Waals surface area (Å²) in [5.41, 5.74) is 16.3. The van der Waals surface area contributed by atoms with Crippen molar-refractivity contribution in [2.45, 2.75) is 5.41 Å². The minimum absolute atomic E-state index is 0.0417. The van der Waals surface area contributed by atoms with Crippen molar-refractivity contribution in [2.75, 3.05) is 11.5 Å². The number of nitrogen functional groups attached to an aromatic ring is 2. The number of aromatic carboxylic acids is 1. The topological polar surface area (TPSA) is 130 Å². The molecule has 7 N–H and O–H groups in total. The van der Waals surface area contributed by atoms with E-state index in [9.17, 15) is 20.1 Å². The van der Waals surface area contributed by atoms with Crippen LogP contribution in [0.3, 0.4) is 0 Å². The van der Waals surface area contributed by atoms with Crippen molar-refractivity contribution in [3.63, 3.8) is 0 Å². The first-order valence-electron chi connectivity index (χ1n) is 10.00. The van der Waals surface area contributed by atoms with Crippen LogP contribution in [-0.4, -0.2) is 21.3 Å². The Labute approximate surface area is 184 Å². The van der Waals surface area contributed by atoms with Crippen LogP contribution in [0.4, 0.5) is 11.4 Å². The summed E-state index contributed by atoms with van der Waals surface area (Å²) in [6.45, 7) is 0. The van der Waals surface area contributed by atoms with E-state index < -0.39 is 11.4 Å². The lowest BCUT2D eigenvalue weighted by atomic mass is 9.67. The largest absolute Gasteiger partial charge is 0.506 e. The number of carbonyl (C=O) groups is 1. The van der Waals surface area contributed by atoms with Crippen LogP contribution in [-0.2, 0) is 5.41 Å². The maximum absolute atomic E-state index is 12.1. The number of carboxylic acids is 1. The molecule has 0 saturated heterocycles. The Bertz CT molecular complexity index is 1360. The second-order valence-electron chi connectivity index (χ2n) is 7.88. The molecule has 0 radical (unpaired) electrons. The molecule has 1 aliphatic carbocycles. The summed E-state index contributed by atoms with van der Waals surface area (Å²) >= 11 is 0. The SMILES string of the molecule is Nc1cc(C2(c3ccc(O)c(N)c3)c3ccccc3-c3c(C(=O)O)cccc32)ccc1O. The fourth-order valence-electron chi connectivity index (χ4n) is 4.87. The molecule has 0 bridgehead atoms. The number of nitrogens with two attached hydrogens (primary N) is 2. The first-order chi connectivity index (χ1) is 15.4. The Hall–Kier alpha value is -4.45. The van der Waals surface area contributed by atoms with Gasteiger partial charge in [0.05, 0.1) is 22.4 Å². The molecule has 0 spiro atoms. The van der Waals surface area contributed by atoms with Crippen LogP contribution in [0, 0.1) is 0 Å². The smallest absolute Gasteiger partial charge is 0.336 e. The zero-order valence-corrected chi connectivity index (χ0v) is 16.9. The Kier molecular flexibility index (Phi) is 4.14. The van der Waals surface area contributed by atoms with Crippen LogP contribution in [0.15, 0.2) is 78.9 Å². The van der Waals surface area contributed by atoms with E-state index >= 15 is 0 Å². The minimum Gasteiger partial charge on any atom is -0.506 e. The molecule has 0 atom stereocenters. The first kappa shape index (κ1) is 19.5. The number of hydrogen-bond acceptors (Lipinski definition) is 5. The number of anilines is 2. The predicted molar refractivity (Wildman–Crippen MR) is 123 cm³/mol. The summed E-state index contributed by atoms with van der Waals surface area (Å²) in [4.78, 5) is 12.1. The lowest BCUT2D eigenvalue weighted by Crippen LogP contribution is -2.29. The second-order valence-corrected chi connectivity index (χ2v) is 7.88. The summed E-state index contributed by atoms with van der Waals surface area (Å²) in [5.74, 6) is -1.11. The van der Waals surface area contributed by atoms with Gasteiger partial charge in [-0.05, 0) is 58.1 Å². The van der Waals surface area contributed by atoms with Crippen LogP contribution in [0.1, 0.15) is 32.6 Å². The molecule has 4 aromatic rings. The number of benzene rings is 4. The Morgan fingerprint density at radius 2 is 1.28 bits per heavy atom. The van der Waals surface area contributed by atoms with Gasteiger partial charge in [-0.15, -0.1) is 0 Å². The van der Waals surface area contributed by atoms with Gasteiger partial charge in [0.1, 0.15) is 11.5 Å². The van der Waals surface area contributed by atoms with Gasteiger partial charge >= 0.3 is 5.97 Å². The van der Waals surface area contributed by atoms with Gasteiger partial charge in [-0.1, -0.05) is 48.5 Å². The number of aromatic hydroxyl groups is 2. The Balaban J connectivity index is 2.00. The van der Waals surface area contributed by atoms with E-state index in [0.29, 0.717) is 5.56 Å². The van der Waals surface area contributed by atoms with Crippen molar-refractivity contribution in [1.29, 1.82) is 0 Å². The summed E-state index contributed by atoms with van der Waals surface area (Å²) in [6.07, 6.45) is 0. The third-order valence-electron chi connectivity index (χ3n) is 6.22. The molecule has 0 aromatic heterocycles. The van der Waals surface area contributed by atoms with Gasteiger partial charge in [-0.2, -0.15) is 0 Å². The van der Waals surface area contributed by atoms with Crippen LogP contribution in [0.2, 0.25) is 0 Å². The normalized spacial score (nSPS) is 13.4. The quantitative estimate of drug-likeness (QED) is 0.217. The number of phenols is 2. The highest BCUT2D eigenvalue weighted by molar-refractivity contribution is 6.01. The van der Waals surface area contributed by atoms with E-state index in [-0.39, 0.29) is 28.4 Å². The number of rotatable bonds is 3. The minimum atomic E-state index is -1.03. The van der Waals surface area contributed by atoms with Gasteiger partial charge in [0.2, 0.25) is 0 Å². The van der Waals surface area contributed by atoms with Crippen LogP contribution in [0.5, 0.6) is 11.5 Å². The molecule has 0 heterocycles. The molecule has 0 fully saturated rings. The summed E-state index contributed by atoms with van der Waals surface area (Å²) in [5, 5.41) is 30.1. The highest BCUT2D eigenvalue weighted by atomic mass is 16.4. The fourth-order valence-corrected chi connectivity index (χ4v) is 4.87. The third-order valence-corrected chi connectivity index (χ3v) is 6.22. The van der Waals surface area contributed by atoms with Gasteiger partial charge in [0, 0.05) is 5.56 Å². The maximum Gasteiger partial charge on any atom is 0.336 e. The first-order valence-corrected chi connectivity index (χ1v) is 10.00. The van der Waals surface area contributed by atoms with Crippen LogP contribution >= 0.6 is 0 Å². The highest BCUT2D eigenvalue weighted by Crippen LogP contribution is 2.57. The molecule has 0 unspecified atom stereocenters. The standard InChI is InChI=1S/C26H20N2O4/c27-20-12-14(8-10-22(20)29)26(15-9-11-23(30)21(28)13-15)18-6-2-1-4-16(18)24-17(25(31)32)5-3-7-19(24)26/h1-13,29-30H,27-28H2,(H,31,32). The van der Waals surface area contributed by atoms with Crippen molar-refractivity contribution in [1.82, 2.24) is 0 Å². The summed E-state index contributed by atoms with van der Waals surface area (Å²) in [7, 11) is 0. The van der Waals surface area contributed by atoms with Gasteiger partial charge in [-0.25, -0.2) is 4.79 Å². The van der Waals surface area contributed by atoms with E-state index in [0.717, 1.165) is 27.8 Å². The maximum atomic E-state index is 12.1. The lowest BCUT2D eigenvalue weighted by molar-refractivity contribution is 0.0697. The van der Waals surface area contributed by atoms with E-state index in [1.165, 1.54) is 12.1 Å². The molecule has 32 heavy (non-hydrogen) atoms. The molecule has 158 valence electrons. The molecule has 6 nitrogen and oxygen atoms in total. The molecule has 0 amide bonds. The number of fused-ring (bicyclic) bond motifs is 3. The molecule has 0 aliphatic heterocycles. The van der Waals surface area contributed by atoms with Crippen LogP contribution in [0.25, 0.3) is 11.1 Å². The number of carboxylic acid groups (broad SMARTS) is 1. The summed E-state index contributed by atoms with van der Waals surface area (Å²) in [6, 6.07) is 22.8. The molecular weight excluding hydrogens is 404 g/mol. The zero-order valence-electron chi connectivity index (χ0n) is 16.9. The number of hydrogen-bond donors (Lipinski definition) is 5. The van der Waals surface area contributed by atoms with Crippen molar-refractivity contribution in [3.05, 3.63) is 107 Å². The Morgan fingerprint density at radius 1 is 0.719 bits per heavy atom. The molecule has 0 saturated carbocycles. The molecule has 4 aromatic carbocycles. The second kappa shape index (κ2) is 6.78. The third kappa shape index (κ3) is 2.50. The predicted octanol–water partition coefficient (Wildman–Crippen LogP) is 4.32. The highest BCUT2D eigenvalue weighted by Gasteiger charge is 2.47. The average molecular weight is 424 g/mol. The van der Waals surface area contributed by atoms with Crippen molar-refractivity contribution in [3.8, 4) is 22.6 Å².